The van der Waals surface area contributed by atoms with E-state index >= 15 is 0 Å². The second-order valence-corrected chi connectivity index (χ2v) is 42.1. The van der Waals surface area contributed by atoms with Crippen molar-refractivity contribution in [1.29, 1.82) is 0 Å². The summed E-state index contributed by atoms with van der Waals surface area (Å²) in [5.41, 5.74) is 37.1. The van der Waals surface area contributed by atoms with Gasteiger partial charge < -0.3 is 52.3 Å². The van der Waals surface area contributed by atoms with Crippen molar-refractivity contribution in [1.82, 2.24) is 57.8 Å². The number of hydrogen-bond donors (Lipinski definition) is 0. The Bertz CT molecular complexity index is 8060. The van der Waals surface area contributed by atoms with Crippen molar-refractivity contribution in [2.45, 2.75) is 156 Å². The van der Waals surface area contributed by atoms with E-state index in [-0.39, 0.29) is 79.4 Å². The maximum atomic E-state index is 6.68. The average Bonchev–Trinajstić information content (AvgIpc) is 1.54. The van der Waals surface area contributed by atoms with E-state index in [2.05, 4.69) is 473 Å². The van der Waals surface area contributed by atoms with Gasteiger partial charge in [-0.25, -0.2) is 4.98 Å². The molecule has 12 heterocycles. The Kier molecular flexibility index (Phi) is 26.3. The van der Waals surface area contributed by atoms with Crippen LogP contribution >= 0.6 is 0 Å². The number of pyridine rings is 6. The maximum absolute atomic E-state index is 6.68. The van der Waals surface area contributed by atoms with E-state index in [4.69, 9.17) is 29.7 Å². The molecule has 24 rings (SSSR count). The summed E-state index contributed by atoms with van der Waals surface area (Å²) >= 11 is 0. The number of rotatable bonds is 14. The van der Waals surface area contributed by atoms with E-state index in [1.165, 1.54) is 77.9 Å². The van der Waals surface area contributed by atoms with Crippen LogP contribution in [0.4, 0.5) is 17.1 Å². The zero-order valence-corrected chi connectivity index (χ0v) is 92.1. The van der Waals surface area contributed by atoms with E-state index in [1.54, 1.807) is 0 Å². The van der Waals surface area contributed by atoms with Crippen molar-refractivity contribution in [2.24, 2.45) is 0 Å². The van der Waals surface area contributed by atoms with E-state index < -0.39 is 21.7 Å². The molecule has 9 aromatic heterocycles. The van der Waals surface area contributed by atoms with Crippen LogP contribution in [0.1, 0.15) is 205 Å². The summed E-state index contributed by atoms with van der Waals surface area (Å²) in [7, 11) is 6.11. The van der Waals surface area contributed by atoms with Crippen molar-refractivity contribution < 1.29 is 67.9 Å². The molecule has 3 aliphatic carbocycles. The van der Waals surface area contributed by atoms with Crippen LogP contribution in [0, 0.1) is 97.9 Å². The number of nitrogens with zero attached hydrogens (tertiary/aromatic N) is 15. The molecular formula is C126H114N15OPt3-9. The van der Waals surface area contributed by atoms with Crippen molar-refractivity contribution in [3.05, 3.63) is 496 Å². The van der Waals surface area contributed by atoms with Gasteiger partial charge in [0.2, 0.25) is 5.88 Å². The van der Waals surface area contributed by atoms with Gasteiger partial charge in [-0.3, -0.25) is 19.9 Å². The molecule has 9 aromatic carbocycles. The smallest absolute Gasteiger partial charge is 0.216 e. The molecule has 0 radical (unpaired) electrons. The molecule has 0 unspecified atom stereocenters. The predicted molar refractivity (Wildman–Crippen MR) is 570 cm³/mol. The number of imidazole rings is 3. The van der Waals surface area contributed by atoms with Crippen LogP contribution in [0.2, 0.25) is 0 Å². The van der Waals surface area contributed by atoms with Crippen LogP contribution in [-0.2, 0) is 101 Å². The molecule has 19 heteroatoms. The third-order valence-corrected chi connectivity index (χ3v) is 29.7. The van der Waals surface area contributed by atoms with Crippen LogP contribution in [0.3, 0.4) is 0 Å². The number of hydrogen-bond acceptors (Lipinski definition) is 13. The van der Waals surface area contributed by atoms with E-state index in [0.717, 1.165) is 124 Å². The molecule has 16 nitrogen and oxygen atoms in total. The van der Waals surface area contributed by atoms with Crippen molar-refractivity contribution in [3.8, 4) is 56.3 Å². The molecular weight excluding hydrogens is 2320 g/mol. The summed E-state index contributed by atoms with van der Waals surface area (Å²) in [6.45, 7) is 43.4. The molecule has 0 saturated heterocycles. The number of anilines is 3. The summed E-state index contributed by atoms with van der Waals surface area (Å²) in [5.74, 6) is 1.05. The first-order valence-electron chi connectivity index (χ1n) is 48.8. The number of ether oxygens (including phenoxy) is 1. The van der Waals surface area contributed by atoms with Gasteiger partial charge in [0.15, 0.2) is 0 Å². The zero-order chi connectivity index (χ0) is 98.6. The molecule has 0 atom stereocenters. The molecule has 0 fully saturated rings. The Morgan fingerprint density at radius 3 is 1.01 bits per heavy atom. The second-order valence-electron chi connectivity index (χ2n) is 42.1. The van der Waals surface area contributed by atoms with Crippen LogP contribution in [0.15, 0.2) is 311 Å². The van der Waals surface area contributed by atoms with Gasteiger partial charge in [-0.05, 0) is 230 Å². The first-order chi connectivity index (χ1) is 68.2. The Hall–Kier alpha value is -13.6. The topological polar surface area (TPSA) is 119 Å². The van der Waals surface area contributed by atoms with Gasteiger partial charge in [-0.2, -0.15) is 98.9 Å². The van der Waals surface area contributed by atoms with Crippen LogP contribution in [0.5, 0.6) is 11.6 Å². The molecule has 0 spiro atoms. The fourth-order valence-corrected chi connectivity index (χ4v) is 21.7. The second kappa shape index (κ2) is 38.1. The molecule has 18 aromatic rings. The first kappa shape index (κ1) is 100. The Balaban J connectivity index is 0.000000136. The molecule has 0 bridgehead atoms. The van der Waals surface area contributed by atoms with Crippen molar-refractivity contribution >= 4 is 34.0 Å². The third kappa shape index (κ3) is 16.8. The first-order valence-corrected chi connectivity index (χ1v) is 48.8. The van der Waals surface area contributed by atoms with Gasteiger partial charge in [0.1, 0.15) is 0 Å². The molecule has 3 aliphatic heterocycles. The quantitative estimate of drug-likeness (QED) is 0.0962. The zero-order valence-electron chi connectivity index (χ0n) is 85.2. The largest absolute Gasteiger partial charge is 0.510 e. The minimum Gasteiger partial charge on any atom is -0.510 e. The maximum Gasteiger partial charge on any atom is 0.216 e. The van der Waals surface area contributed by atoms with Crippen molar-refractivity contribution in [2.75, 3.05) is 35.8 Å². The number of fused-ring (bicyclic) bond motifs is 12. The SMILES string of the molecule is Cc1nc2c(-c3cc(C(C)(C)C)ccn3)[c-]c(C3(c4[c-]c(N5C=CN(C)[CH-]5)ccc4)c4ccccc4-c4ccccc43)cn2c1C.Cc1nc2c(C(C)(C)c3cc(C(C)(C)C)ccn3)[c-]c(C3(c4[c-]c(N5C=CN(C)[CH-]5)ccc4)c4ccccc4-c4ccccc43)cn2c1C.Cc1nc2c(Oc3cc(C(C)(C)C)ccn3)[c-]c(C3(c4[c-]c(N5C=CN(C)[CH-]5)ccc4)c4ccccc4-c4ccccc43)cn2c1C.[Pt].[Pt].[Pt]. The van der Waals surface area contributed by atoms with Crippen molar-refractivity contribution in [3.63, 3.8) is 0 Å². The third-order valence-electron chi connectivity index (χ3n) is 29.7. The normalized spacial score (nSPS) is 14.8. The summed E-state index contributed by atoms with van der Waals surface area (Å²) in [4.78, 5) is 42.2. The molecule has 738 valence electrons. The number of aryl methyl sites for hydroxylation is 6. The fraction of sp³-hybridized carbons (Fsp3) is 0.214. The van der Waals surface area contributed by atoms with E-state index in [9.17, 15) is 0 Å². The van der Waals surface area contributed by atoms with Gasteiger partial charge in [-0.15, -0.1) is 62.6 Å². The van der Waals surface area contributed by atoms with E-state index in [1.807, 2.05) is 81.0 Å². The molecule has 0 saturated carbocycles. The van der Waals surface area contributed by atoms with Gasteiger partial charge in [-0.1, -0.05) is 258 Å². The summed E-state index contributed by atoms with van der Waals surface area (Å²) in [6.07, 6.45) is 24.7. The fourth-order valence-electron chi connectivity index (χ4n) is 21.7. The molecule has 0 amide bonds. The monoisotopic (exact) mass is 2440 g/mol. The predicted octanol–water partition coefficient (Wildman–Crippen LogP) is 26.6. The van der Waals surface area contributed by atoms with Gasteiger partial charge in [0, 0.05) is 155 Å². The van der Waals surface area contributed by atoms with Crippen LogP contribution < -0.4 is 19.4 Å². The van der Waals surface area contributed by atoms with Gasteiger partial charge in [0.05, 0.1) is 17.0 Å². The summed E-state index contributed by atoms with van der Waals surface area (Å²) in [5, 5.41) is 0. The van der Waals surface area contributed by atoms with Gasteiger partial charge in [0.25, 0.3) is 0 Å². The Morgan fingerprint density at radius 1 is 0.310 bits per heavy atom. The van der Waals surface area contributed by atoms with Crippen LogP contribution in [0.25, 0.3) is 61.6 Å². The van der Waals surface area contributed by atoms with Gasteiger partial charge >= 0.3 is 0 Å². The molecule has 0 N–H and O–H groups in total. The summed E-state index contributed by atoms with van der Waals surface area (Å²) in [6, 6.07) is 108. The minimum atomic E-state index is -0.740. The minimum absolute atomic E-state index is 0. The average molecular weight is 2440 g/mol. The molecule has 6 aliphatic rings. The standard InChI is InChI=1S/C44H42N5.C41H36N5O.C41H36N5.3Pt/c1-29-30(2)49-27-33(25-39(41(49)46-29)43(6,7)40-26-31(20-21-45-40)42(3,4)5)44(32-14-13-15-34(24-32)48-23-22-47(8)28-48)37-18-11-9-16-35(37)36-17-10-12-19-38(36)44;1-27-28(2)46-25-31(23-37(39(46)43-27)47-38-24-29(18-19-42-38)40(3,4)5)41(30-12-11-13-32(22-30)45-21-20-44(6)26-45)35-16-9-7-14-33(35)34-15-8-10-17-36(34)41;1-27-28(2)46-25-31(23-35(39(46)43-27)38-24-29(18-19-42-38)40(3,4)5)41(30-12-11-13-32(22-30)45-21-20-44(6)26-45)36-16-9-7-14-33(36)34-15-8-10-17-37(34)41;;;/h9-23,26-28H,1-8H3;7-21,24-26H,1-6H3;7-21,24-26H,1-6H3;;;/q3*-3;;;. The van der Waals surface area contributed by atoms with E-state index in [0.29, 0.717) is 17.3 Å². The number of benzene rings is 9. The Labute approximate surface area is 896 Å². The summed E-state index contributed by atoms with van der Waals surface area (Å²) < 4.78 is 13.3. The molecule has 145 heavy (non-hydrogen) atoms. The Morgan fingerprint density at radius 2 is 0.634 bits per heavy atom. The van der Waals surface area contributed by atoms with Crippen LogP contribution in [-0.4, -0.2) is 78.9 Å². The number of aromatic nitrogens is 9.